The second kappa shape index (κ2) is 2.06. The summed E-state index contributed by atoms with van der Waals surface area (Å²) in [5, 5.41) is 0. The Hall–Kier alpha value is -0.0400. The van der Waals surface area contributed by atoms with Gasteiger partial charge in [-0.1, -0.05) is 20.3 Å². The summed E-state index contributed by atoms with van der Waals surface area (Å²) in [7, 11) is 0. The fourth-order valence-electron chi connectivity index (χ4n) is 1.37. The molecule has 8 heavy (non-hydrogen) atoms. The van der Waals surface area contributed by atoms with Gasteiger partial charge in [-0.05, 0) is 18.3 Å². The highest BCUT2D eigenvalue weighted by atomic mass is 14.8. The summed E-state index contributed by atoms with van der Waals surface area (Å²) in [6.45, 7) is 4.46. The molecular weight excluding hydrogens is 98.1 g/mol. The van der Waals surface area contributed by atoms with E-state index in [-0.39, 0.29) is 0 Å². The van der Waals surface area contributed by atoms with Crippen molar-refractivity contribution >= 4 is 0 Å². The van der Waals surface area contributed by atoms with Crippen molar-refractivity contribution in [1.82, 2.24) is 0 Å². The Morgan fingerprint density at radius 3 is 2.12 bits per heavy atom. The van der Waals surface area contributed by atoms with Gasteiger partial charge in [-0.3, -0.25) is 0 Å². The molecule has 1 aliphatic carbocycles. The minimum atomic E-state index is 0.537. The van der Waals surface area contributed by atoms with Gasteiger partial charge in [0.25, 0.3) is 0 Å². The summed E-state index contributed by atoms with van der Waals surface area (Å²) in [4.78, 5) is 0. The first-order valence-electron chi connectivity index (χ1n) is 3.53. The molecule has 48 valence electrons. The van der Waals surface area contributed by atoms with Gasteiger partial charge in [0, 0.05) is 6.04 Å². The summed E-state index contributed by atoms with van der Waals surface area (Å²) >= 11 is 0. The summed E-state index contributed by atoms with van der Waals surface area (Å²) < 4.78 is 0. The Balaban J connectivity index is 2.13. The Morgan fingerprint density at radius 2 is 2.00 bits per heavy atom. The van der Waals surface area contributed by atoms with Crippen molar-refractivity contribution in [3.8, 4) is 0 Å². The van der Waals surface area contributed by atoms with Crippen LogP contribution in [0.3, 0.4) is 0 Å². The Morgan fingerprint density at radius 1 is 1.50 bits per heavy atom. The second-order valence-electron chi connectivity index (χ2n) is 2.89. The SMILES string of the molecule is CCCC1C(C)[C@H]1N. The molecule has 3 atom stereocenters. The number of hydrogen-bond donors (Lipinski definition) is 1. The van der Waals surface area contributed by atoms with Crippen molar-refractivity contribution in [1.29, 1.82) is 0 Å². The van der Waals surface area contributed by atoms with E-state index in [0.717, 1.165) is 11.8 Å². The highest BCUT2D eigenvalue weighted by Gasteiger charge is 2.42. The van der Waals surface area contributed by atoms with Crippen LogP contribution in [0.1, 0.15) is 26.7 Å². The van der Waals surface area contributed by atoms with Gasteiger partial charge in [-0.15, -0.1) is 0 Å². The molecule has 1 aliphatic rings. The van der Waals surface area contributed by atoms with Gasteiger partial charge in [0.05, 0.1) is 0 Å². The maximum atomic E-state index is 5.70. The van der Waals surface area contributed by atoms with Gasteiger partial charge in [0.15, 0.2) is 0 Å². The molecule has 0 heterocycles. The third-order valence-electron chi connectivity index (χ3n) is 2.26. The molecule has 2 N–H and O–H groups in total. The monoisotopic (exact) mass is 113 g/mol. The lowest BCUT2D eigenvalue weighted by Gasteiger charge is -1.87. The lowest BCUT2D eigenvalue weighted by molar-refractivity contribution is 0.652. The van der Waals surface area contributed by atoms with Crippen LogP contribution < -0.4 is 5.73 Å². The second-order valence-corrected chi connectivity index (χ2v) is 2.89. The van der Waals surface area contributed by atoms with Gasteiger partial charge in [0.2, 0.25) is 0 Å². The molecule has 0 aromatic heterocycles. The van der Waals surface area contributed by atoms with Crippen molar-refractivity contribution in [2.24, 2.45) is 17.6 Å². The van der Waals surface area contributed by atoms with E-state index >= 15 is 0 Å². The molecular formula is C7H15N. The molecule has 1 nitrogen and oxygen atoms in total. The molecule has 0 aliphatic heterocycles. The average Bonchev–Trinajstić information content (AvgIpc) is 2.25. The molecule has 0 radical (unpaired) electrons. The van der Waals surface area contributed by atoms with Crippen molar-refractivity contribution in [2.75, 3.05) is 0 Å². The fraction of sp³-hybridized carbons (Fsp3) is 1.00. The zero-order valence-corrected chi connectivity index (χ0v) is 5.72. The minimum Gasteiger partial charge on any atom is -0.327 e. The van der Waals surface area contributed by atoms with E-state index in [1.165, 1.54) is 12.8 Å². The van der Waals surface area contributed by atoms with E-state index in [4.69, 9.17) is 5.73 Å². The zero-order valence-electron chi connectivity index (χ0n) is 5.72. The summed E-state index contributed by atoms with van der Waals surface area (Å²) in [5.74, 6) is 1.68. The van der Waals surface area contributed by atoms with Crippen LogP contribution in [0, 0.1) is 11.8 Å². The van der Waals surface area contributed by atoms with E-state index in [0.29, 0.717) is 6.04 Å². The molecule has 1 rings (SSSR count). The van der Waals surface area contributed by atoms with Crippen LogP contribution in [-0.2, 0) is 0 Å². The predicted octanol–water partition coefficient (Wildman–Crippen LogP) is 1.38. The maximum absolute atomic E-state index is 5.70. The van der Waals surface area contributed by atoms with E-state index in [1.807, 2.05) is 0 Å². The third kappa shape index (κ3) is 0.873. The van der Waals surface area contributed by atoms with Crippen molar-refractivity contribution in [2.45, 2.75) is 32.7 Å². The van der Waals surface area contributed by atoms with Crippen LogP contribution in [0.2, 0.25) is 0 Å². The molecule has 0 amide bonds. The number of rotatable bonds is 2. The van der Waals surface area contributed by atoms with Gasteiger partial charge in [-0.25, -0.2) is 0 Å². The van der Waals surface area contributed by atoms with Crippen LogP contribution in [0.25, 0.3) is 0 Å². The highest BCUT2D eigenvalue weighted by molar-refractivity contribution is 4.97. The molecule has 1 heteroatoms. The zero-order chi connectivity index (χ0) is 6.15. The summed E-state index contributed by atoms with van der Waals surface area (Å²) in [6.07, 6.45) is 2.63. The lowest BCUT2D eigenvalue weighted by atomic mass is 10.2. The van der Waals surface area contributed by atoms with Crippen molar-refractivity contribution in [3.63, 3.8) is 0 Å². The molecule has 2 unspecified atom stereocenters. The fourth-order valence-corrected chi connectivity index (χ4v) is 1.37. The van der Waals surface area contributed by atoms with Crippen LogP contribution >= 0.6 is 0 Å². The lowest BCUT2D eigenvalue weighted by Crippen LogP contribution is -2.02. The maximum Gasteiger partial charge on any atom is 0.00993 e. The smallest absolute Gasteiger partial charge is 0.00993 e. The first-order valence-corrected chi connectivity index (χ1v) is 3.53. The van der Waals surface area contributed by atoms with E-state index < -0.39 is 0 Å². The standard InChI is InChI=1S/C7H15N/c1-3-4-6-5(2)7(6)8/h5-7H,3-4,8H2,1-2H3/t5?,6?,7-/m1/s1. The van der Waals surface area contributed by atoms with Gasteiger partial charge < -0.3 is 5.73 Å². The van der Waals surface area contributed by atoms with E-state index in [2.05, 4.69) is 13.8 Å². The highest BCUT2D eigenvalue weighted by Crippen LogP contribution is 2.39. The van der Waals surface area contributed by atoms with Crippen molar-refractivity contribution < 1.29 is 0 Å². The van der Waals surface area contributed by atoms with Crippen LogP contribution in [0.4, 0.5) is 0 Å². The first-order chi connectivity index (χ1) is 3.77. The van der Waals surface area contributed by atoms with Crippen LogP contribution in [-0.4, -0.2) is 6.04 Å². The summed E-state index contributed by atoms with van der Waals surface area (Å²) in [5.41, 5.74) is 5.70. The van der Waals surface area contributed by atoms with Gasteiger partial charge in [-0.2, -0.15) is 0 Å². The topological polar surface area (TPSA) is 26.0 Å². The van der Waals surface area contributed by atoms with Crippen LogP contribution in [0.5, 0.6) is 0 Å². The van der Waals surface area contributed by atoms with Gasteiger partial charge >= 0.3 is 0 Å². The van der Waals surface area contributed by atoms with E-state index in [1.54, 1.807) is 0 Å². The normalized spacial score (nSPS) is 44.6. The molecule has 1 fully saturated rings. The quantitative estimate of drug-likeness (QED) is 0.575. The van der Waals surface area contributed by atoms with Crippen molar-refractivity contribution in [3.05, 3.63) is 0 Å². The molecule has 0 aromatic rings. The molecule has 0 bridgehead atoms. The largest absolute Gasteiger partial charge is 0.327 e. The van der Waals surface area contributed by atoms with E-state index in [9.17, 15) is 0 Å². The Bertz CT molecular complexity index is 72.5. The molecule has 0 spiro atoms. The number of hydrogen-bond acceptors (Lipinski definition) is 1. The first kappa shape index (κ1) is 6.09. The average molecular weight is 113 g/mol. The molecule has 0 saturated heterocycles. The van der Waals surface area contributed by atoms with Crippen LogP contribution in [0.15, 0.2) is 0 Å². The Kier molecular flexibility index (Phi) is 1.57. The third-order valence-corrected chi connectivity index (χ3v) is 2.26. The summed E-state index contributed by atoms with van der Waals surface area (Å²) in [6, 6.07) is 0.537. The molecule has 1 saturated carbocycles. The number of nitrogens with two attached hydrogens (primary N) is 1. The minimum absolute atomic E-state index is 0.537. The molecule has 0 aromatic carbocycles. The Labute approximate surface area is 51.3 Å². The predicted molar refractivity (Wildman–Crippen MR) is 35.5 cm³/mol. The van der Waals surface area contributed by atoms with Gasteiger partial charge in [0.1, 0.15) is 0 Å².